The first-order valence-corrected chi connectivity index (χ1v) is 13.8. The molecule has 0 aliphatic heterocycles. The highest BCUT2D eigenvalue weighted by molar-refractivity contribution is 9.10. The van der Waals surface area contributed by atoms with Gasteiger partial charge in [-0.3, -0.25) is 13.9 Å². The molecule has 2 rings (SSSR count). The predicted molar refractivity (Wildman–Crippen MR) is 141 cm³/mol. The van der Waals surface area contributed by atoms with Gasteiger partial charge in [0.25, 0.3) is 0 Å². The Morgan fingerprint density at radius 3 is 2.06 bits per heavy atom. The first-order chi connectivity index (χ1) is 15.6. The van der Waals surface area contributed by atoms with E-state index in [9.17, 15) is 18.0 Å². The fraction of sp³-hybridized carbons (Fsp3) is 0.391. The fourth-order valence-corrected chi connectivity index (χ4v) is 4.76. The van der Waals surface area contributed by atoms with Crippen molar-refractivity contribution in [3.05, 3.63) is 62.5 Å². The summed E-state index contributed by atoms with van der Waals surface area (Å²) in [6.07, 6.45) is 1.02. The van der Waals surface area contributed by atoms with Gasteiger partial charge in [-0.1, -0.05) is 45.2 Å². The van der Waals surface area contributed by atoms with Gasteiger partial charge in [0.1, 0.15) is 12.6 Å². The minimum atomic E-state index is -3.81. The Morgan fingerprint density at radius 2 is 1.59 bits per heavy atom. The van der Waals surface area contributed by atoms with Crippen molar-refractivity contribution in [1.82, 2.24) is 10.2 Å². The van der Waals surface area contributed by atoms with Crippen molar-refractivity contribution in [2.24, 2.45) is 0 Å². The highest BCUT2D eigenvalue weighted by Crippen LogP contribution is 2.27. The van der Waals surface area contributed by atoms with Crippen LogP contribution in [0.25, 0.3) is 0 Å². The van der Waals surface area contributed by atoms with E-state index in [-0.39, 0.29) is 6.54 Å². The molecule has 0 aromatic heterocycles. The lowest BCUT2D eigenvalue weighted by atomic mass is 10.1. The molecule has 0 aliphatic carbocycles. The third kappa shape index (κ3) is 7.86. The number of amides is 2. The van der Waals surface area contributed by atoms with Gasteiger partial charge in [0.2, 0.25) is 21.8 Å². The number of rotatable bonds is 8. The van der Waals surface area contributed by atoms with E-state index in [0.717, 1.165) is 15.0 Å². The van der Waals surface area contributed by atoms with Crippen LogP contribution in [0.15, 0.2) is 46.9 Å². The molecule has 7 nitrogen and oxygen atoms in total. The van der Waals surface area contributed by atoms with E-state index >= 15 is 0 Å². The Labute approximate surface area is 219 Å². The first-order valence-electron chi connectivity index (χ1n) is 10.4. The molecule has 0 saturated heterocycles. The molecular weight excluding hydrogens is 565 g/mol. The lowest BCUT2D eigenvalue weighted by Crippen LogP contribution is -2.54. The lowest BCUT2D eigenvalue weighted by molar-refractivity contribution is -0.140. The molecule has 0 radical (unpaired) electrons. The van der Waals surface area contributed by atoms with Crippen molar-refractivity contribution >= 4 is 66.7 Å². The Hall–Kier alpha value is -1.81. The molecule has 2 amide bonds. The summed E-state index contributed by atoms with van der Waals surface area (Å²) in [5.41, 5.74) is 0.254. The van der Waals surface area contributed by atoms with Gasteiger partial charge in [0.15, 0.2) is 0 Å². The molecule has 1 N–H and O–H groups in total. The highest BCUT2D eigenvalue weighted by atomic mass is 79.9. The first kappa shape index (κ1) is 28.4. The van der Waals surface area contributed by atoms with Crippen molar-refractivity contribution < 1.29 is 18.0 Å². The van der Waals surface area contributed by atoms with Crippen LogP contribution in [0.4, 0.5) is 5.69 Å². The molecule has 0 spiro atoms. The zero-order valence-electron chi connectivity index (χ0n) is 19.6. The van der Waals surface area contributed by atoms with Gasteiger partial charge >= 0.3 is 0 Å². The Bertz CT molecular complexity index is 1130. The molecule has 0 heterocycles. The normalized spacial score (nSPS) is 12.7. The van der Waals surface area contributed by atoms with Gasteiger partial charge in [-0.2, -0.15) is 0 Å². The Balaban J connectivity index is 2.46. The summed E-state index contributed by atoms with van der Waals surface area (Å²) < 4.78 is 26.9. The summed E-state index contributed by atoms with van der Waals surface area (Å²) in [4.78, 5) is 27.8. The molecule has 0 aliphatic rings. The van der Waals surface area contributed by atoms with Crippen LogP contribution in [-0.4, -0.2) is 49.5 Å². The highest BCUT2D eigenvalue weighted by Gasteiger charge is 2.32. The van der Waals surface area contributed by atoms with Crippen molar-refractivity contribution in [1.29, 1.82) is 0 Å². The van der Waals surface area contributed by atoms with E-state index in [1.165, 1.54) is 4.90 Å². The van der Waals surface area contributed by atoms with Crippen molar-refractivity contribution in [2.75, 3.05) is 17.1 Å². The predicted octanol–water partition coefficient (Wildman–Crippen LogP) is 4.85. The summed E-state index contributed by atoms with van der Waals surface area (Å²) in [6.45, 7) is 6.48. The number of nitrogens with zero attached hydrogens (tertiary/aromatic N) is 2. The average molecular weight is 593 g/mol. The molecule has 0 bridgehead atoms. The molecule has 2 aromatic rings. The van der Waals surface area contributed by atoms with Crippen molar-refractivity contribution in [2.45, 2.75) is 45.8 Å². The summed E-state index contributed by atoms with van der Waals surface area (Å²) in [5, 5.41) is 3.52. The van der Waals surface area contributed by atoms with Crippen LogP contribution in [0.3, 0.4) is 0 Å². The van der Waals surface area contributed by atoms with Crippen LogP contribution in [0.5, 0.6) is 0 Å². The van der Waals surface area contributed by atoms with Crippen LogP contribution < -0.4 is 9.62 Å². The van der Waals surface area contributed by atoms with Gasteiger partial charge in [0, 0.05) is 32.2 Å². The second kappa shape index (κ2) is 11.3. The minimum absolute atomic E-state index is 0.0754. The smallest absolute Gasteiger partial charge is 0.244 e. The van der Waals surface area contributed by atoms with E-state index in [1.54, 1.807) is 49.4 Å². The number of benzene rings is 2. The lowest BCUT2D eigenvalue weighted by Gasteiger charge is -2.33. The minimum Gasteiger partial charge on any atom is -0.350 e. The molecule has 34 heavy (non-hydrogen) atoms. The second-order valence-electron chi connectivity index (χ2n) is 8.88. The van der Waals surface area contributed by atoms with Crippen LogP contribution in [-0.2, 0) is 26.2 Å². The fourth-order valence-electron chi connectivity index (χ4n) is 3.13. The van der Waals surface area contributed by atoms with Crippen LogP contribution in [0, 0.1) is 0 Å². The van der Waals surface area contributed by atoms with E-state index in [1.807, 2.05) is 20.8 Å². The third-order valence-corrected chi connectivity index (χ3v) is 7.23. The van der Waals surface area contributed by atoms with E-state index < -0.39 is 40.0 Å². The molecule has 2 aromatic carbocycles. The van der Waals surface area contributed by atoms with Crippen LogP contribution in [0.2, 0.25) is 10.0 Å². The molecule has 0 fully saturated rings. The number of hydrogen-bond acceptors (Lipinski definition) is 4. The van der Waals surface area contributed by atoms with E-state index in [4.69, 9.17) is 23.2 Å². The van der Waals surface area contributed by atoms with Gasteiger partial charge < -0.3 is 10.2 Å². The molecule has 0 unspecified atom stereocenters. The van der Waals surface area contributed by atoms with Gasteiger partial charge in [-0.05, 0) is 64.1 Å². The zero-order chi connectivity index (χ0) is 25.8. The molecule has 186 valence electrons. The number of hydrogen-bond donors (Lipinski definition) is 1. The number of sulfonamides is 1. The van der Waals surface area contributed by atoms with Crippen LogP contribution >= 0.6 is 39.1 Å². The van der Waals surface area contributed by atoms with Crippen molar-refractivity contribution in [3.63, 3.8) is 0 Å². The van der Waals surface area contributed by atoms with Gasteiger partial charge in [-0.15, -0.1) is 0 Å². The van der Waals surface area contributed by atoms with Crippen molar-refractivity contribution in [3.8, 4) is 0 Å². The number of carbonyl (C=O) groups excluding carboxylic acids is 2. The Morgan fingerprint density at radius 1 is 1.06 bits per heavy atom. The quantitative estimate of drug-likeness (QED) is 0.474. The van der Waals surface area contributed by atoms with E-state index in [2.05, 4.69) is 21.2 Å². The number of halogens is 3. The average Bonchev–Trinajstić information content (AvgIpc) is 2.70. The Kier molecular flexibility index (Phi) is 9.44. The molecule has 1 atom stereocenters. The monoisotopic (exact) mass is 591 g/mol. The maximum atomic E-state index is 13.5. The maximum absolute atomic E-state index is 13.5. The van der Waals surface area contributed by atoms with E-state index in [0.29, 0.717) is 21.3 Å². The maximum Gasteiger partial charge on any atom is 0.244 e. The van der Waals surface area contributed by atoms with Gasteiger partial charge in [-0.25, -0.2) is 8.42 Å². The number of nitrogens with one attached hydrogen (secondary N) is 1. The molecule has 0 saturated carbocycles. The summed E-state index contributed by atoms with van der Waals surface area (Å²) >= 11 is 16.0. The summed E-state index contributed by atoms with van der Waals surface area (Å²) in [6, 6.07) is 10.6. The third-order valence-electron chi connectivity index (χ3n) is 4.85. The topological polar surface area (TPSA) is 86.8 Å². The molecular formula is C23H28BrCl2N3O4S. The zero-order valence-corrected chi connectivity index (χ0v) is 23.5. The standard InChI is InChI=1S/C23H28BrCl2N3O4S/c1-15(22(31)27-23(2,3)4)28(13-18-19(25)7-6-8-20(18)26)21(30)14-29(34(5,32)33)17-11-9-16(24)10-12-17/h6-12,15H,13-14H2,1-5H3,(H,27,31)/t15-/m0/s1. The number of carbonyl (C=O) groups is 2. The van der Waals surface area contributed by atoms with Gasteiger partial charge in [0.05, 0.1) is 11.9 Å². The summed E-state index contributed by atoms with van der Waals surface area (Å²) in [5.74, 6) is -0.973. The summed E-state index contributed by atoms with van der Waals surface area (Å²) in [7, 11) is -3.81. The van der Waals surface area contributed by atoms with Crippen LogP contribution in [0.1, 0.15) is 33.3 Å². The largest absolute Gasteiger partial charge is 0.350 e. The second-order valence-corrected chi connectivity index (χ2v) is 12.5. The number of anilines is 1. The SMILES string of the molecule is C[C@@H](C(=O)NC(C)(C)C)N(Cc1c(Cl)cccc1Cl)C(=O)CN(c1ccc(Br)cc1)S(C)(=O)=O. The molecule has 11 heteroatoms.